The SMILES string of the molecule is CN(C)CCCSc1cccc2c1NC(=O)CC2c1ccc(F)cc1. The van der Waals surface area contributed by atoms with Crippen LogP contribution in [0.15, 0.2) is 47.4 Å². The Hall–Kier alpha value is -1.85. The molecule has 0 spiro atoms. The molecule has 0 fully saturated rings. The molecule has 1 atom stereocenters. The highest BCUT2D eigenvalue weighted by Crippen LogP contribution is 2.41. The van der Waals surface area contributed by atoms with Gasteiger partial charge in [-0.1, -0.05) is 24.3 Å². The molecule has 3 nitrogen and oxygen atoms in total. The molecule has 1 heterocycles. The number of fused-ring (bicyclic) bond motifs is 1. The van der Waals surface area contributed by atoms with Crippen LogP contribution in [-0.4, -0.2) is 37.2 Å². The van der Waals surface area contributed by atoms with E-state index in [1.54, 1.807) is 23.9 Å². The first kappa shape index (κ1) is 18.0. The number of para-hydroxylation sites is 1. The Labute approximate surface area is 152 Å². The summed E-state index contributed by atoms with van der Waals surface area (Å²) in [5.74, 6) is 0.746. The standard InChI is InChI=1S/C20H23FN2OS/c1-23(2)11-4-12-25-18-6-3-5-16-17(13-19(24)22-20(16)18)14-7-9-15(21)10-8-14/h3,5-10,17H,4,11-13H2,1-2H3,(H,22,24). The van der Waals surface area contributed by atoms with Gasteiger partial charge in [0.15, 0.2) is 0 Å². The van der Waals surface area contributed by atoms with Crippen molar-refractivity contribution in [2.45, 2.75) is 23.7 Å². The molecule has 2 aromatic rings. The predicted molar refractivity (Wildman–Crippen MR) is 102 cm³/mol. The summed E-state index contributed by atoms with van der Waals surface area (Å²) >= 11 is 1.78. The van der Waals surface area contributed by atoms with Crippen LogP contribution in [0.4, 0.5) is 10.1 Å². The molecule has 0 saturated heterocycles. The van der Waals surface area contributed by atoms with E-state index in [4.69, 9.17) is 0 Å². The fraction of sp³-hybridized carbons (Fsp3) is 0.350. The molecule has 2 aromatic carbocycles. The zero-order chi connectivity index (χ0) is 17.8. The van der Waals surface area contributed by atoms with Crippen molar-refractivity contribution in [2.24, 2.45) is 0 Å². The van der Waals surface area contributed by atoms with Gasteiger partial charge < -0.3 is 10.2 Å². The van der Waals surface area contributed by atoms with E-state index in [2.05, 4.69) is 36.4 Å². The molecule has 3 rings (SSSR count). The normalized spacial score (nSPS) is 16.6. The molecule has 0 bridgehead atoms. The number of amides is 1. The number of thioether (sulfide) groups is 1. The first-order chi connectivity index (χ1) is 12.0. The first-order valence-electron chi connectivity index (χ1n) is 8.50. The van der Waals surface area contributed by atoms with Crippen molar-refractivity contribution in [1.29, 1.82) is 0 Å². The van der Waals surface area contributed by atoms with E-state index in [0.29, 0.717) is 6.42 Å². The van der Waals surface area contributed by atoms with Crippen LogP contribution in [0.5, 0.6) is 0 Å². The average molecular weight is 358 g/mol. The Bertz CT molecular complexity index is 746. The van der Waals surface area contributed by atoms with Gasteiger partial charge >= 0.3 is 0 Å². The molecule has 0 aliphatic carbocycles. The van der Waals surface area contributed by atoms with Crippen molar-refractivity contribution >= 4 is 23.4 Å². The number of halogens is 1. The minimum Gasteiger partial charge on any atom is -0.325 e. The van der Waals surface area contributed by atoms with Gasteiger partial charge in [0.25, 0.3) is 0 Å². The van der Waals surface area contributed by atoms with Crippen molar-refractivity contribution in [2.75, 3.05) is 31.7 Å². The van der Waals surface area contributed by atoms with Crippen molar-refractivity contribution in [3.05, 3.63) is 59.4 Å². The highest BCUT2D eigenvalue weighted by Gasteiger charge is 2.28. The second-order valence-electron chi connectivity index (χ2n) is 6.58. The molecule has 5 heteroatoms. The summed E-state index contributed by atoms with van der Waals surface area (Å²) < 4.78 is 13.2. The van der Waals surface area contributed by atoms with Crippen LogP contribution < -0.4 is 5.32 Å². The van der Waals surface area contributed by atoms with E-state index in [9.17, 15) is 9.18 Å². The van der Waals surface area contributed by atoms with Crippen LogP contribution in [0.3, 0.4) is 0 Å². The van der Waals surface area contributed by atoms with Crippen LogP contribution >= 0.6 is 11.8 Å². The lowest BCUT2D eigenvalue weighted by Gasteiger charge is -2.27. The summed E-state index contributed by atoms with van der Waals surface area (Å²) in [5.41, 5.74) is 3.01. The van der Waals surface area contributed by atoms with Gasteiger partial charge in [-0.05, 0) is 62.1 Å². The number of nitrogens with one attached hydrogen (secondary N) is 1. The minimum atomic E-state index is -0.255. The summed E-state index contributed by atoms with van der Waals surface area (Å²) in [6.07, 6.45) is 1.49. The predicted octanol–water partition coefficient (Wildman–Crippen LogP) is 4.34. The molecule has 1 unspecified atom stereocenters. The lowest BCUT2D eigenvalue weighted by atomic mass is 9.85. The highest BCUT2D eigenvalue weighted by atomic mass is 32.2. The fourth-order valence-corrected chi connectivity index (χ4v) is 4.12. The molecule has 132 valence electrons. The average Bonchev–Trinajstić information content (AvgIpc) is 2.59. The maximum Gasteiger partial charge on any atom is 0.225 e. The Morgan fingerprint density at radius 3 is 2.68 bits per heavy atom. The van der Waals surface area contributed by atoms with Crippen LogP contribution in [0.25, 0.3) is 0 Å². The number of rotatable bonds is 6. The van der Waals surface area contributed by atoms with Crippen LogP contribution in [0, 0.1) is 5.82 Å². The van der Waals surface area contributed by atoms with Gasteiger partial charge in [0.1, 0.15) is 5.82 Å². The van der Waals surface area contributed by atoms with Gasteiger partial charge in [0.2, 0.25) is 5.91 Å². The third-order valence-electron chi connectivity index (χ3n) is 4.37. The zero-order valence-electron chi connectivity index (χ0n) is 14.6. The van der Waals surface area contributed by atoms with Gasteiger partial charge in [-0.3, -0.25) is 4.79 Å². The molecule has 1 N–H and O–H groups in total. The van der Waals surface area contributed by atoms with E-state index < -0.39 is 0 Å². The molecule has 1 aliphatic heterocycles. The molecule has 25 heavy (non-hydrogen) atoms. The van der Waals surface area contributed by atoms with Gasteiger partial charge in [-0.25, -0.2) is 4.39 Å². The number of carbonyl (C=O) groups is 1. The minimum absolute atomic E-state index is 0.0168. The number of carbonyl (C=O) groups excluding carboxylic acids is 1. The second kappa shape index (κ2) is 8.02. The van der Waals surface area contributed by atoms with Gasteiger partial charge in [0.05, 0.1) is 5.69 Å². The molecular formula is C20H23FN2OS. The smallest absolute Gasteiger partial charge is 0.225 e. The fourth-order valence-electron chi connectivity index (χ4n) is 3.13. The number of anilines is 1. The third kappa shape index (κ3) is 4.41. The monoisotopic (exact) mass is 358 g/mol. The van der Waals surface area contributed by atoms with E-state index >= 15 is 0 Å². The number of hydrogen-bond acceptors (Lipinski definition) is 3. The molecule has 1 aliphatic rings. The van der Waals surface area contributed by atoms with Gasteiger partial charge in [0, 0.05) is 17.2 Å². The molecule has 0 radical (unpaired) electrons. The van der Waals surface area contributed by atoms with Crippen molar-refractivity contribution in [3.8, 4) is 0 Å². The van der Waals surface area contributed by atoms with Crippen LogP contribution in [0.1, 0.15) is 29.9 Å². The summed E-state index contributed by atoms with van der Waals surface area (Å²) in [5, 5.41) is 3.05. The number of benzene rings is 2. The van der Waals surface area contributed by atoms with Crippen molar-refractivity contribution in [1.82, 2.24) is 4.90 Å². The summed E-state index contributed by atoms with van der Waals surface area (Å²) in [4.78, 5) is 15.5. The van der Waals surface area contributed by atoms with Gasteiger partial charge in [-0.2, -0.15) is 0 Å². The summed E-state index contributed by atoms with van der Waals surface area (Å²) in [7, 11) is 4.14. The van der Waals surface area contributed by atoms with Gasteiger partial charge in [-0.15, -0.1) is 11.8 Å². The lowest BCUT2D eigenvalue weighted by molar-refractivity contribution is -0.116. The largest absolute Gasteiger partial charge is 0.325 e. The second-order valence-corrected chi connectivity index (χ2v) is 7.72. The molecule has 0 aromatic heterocycles. The summed E-state index contributed by atoms with van der Waals surface area (Å²) in [6, 6.07) is 12.6. The number of hydrogen-bond donors (Lipinski definition) is 1. The molecule has 1 amide bonds. The lowest BCUT2D eigenvalue weighted by Crippen LogP contribution is -2.24. The van der Waals surface area contributed by atoms with E-state index in [0.717, 1.165) is 40.4 Å². The maximum atomic E-state index is 13.2. The molecule has 0 saturated carbocycles. The van der Waals surface area contributed by atoms with Crippen molar-refractivity contribution in [3.63, 3.8) is 0 Å². The van der Waals surface area contributed by atoms with E-state index in [1.165, 1.54) is 12.1 Å². The van der Waals surface area contributed by atoms with E-state index in [-0.39, 0.29) is 17.6 Å². The Morgan fingerprint density at radius 2 is 1.96 bits per heavy atom. The Kier molecular flexibility index (Phi) is 5.76. The molecular weight excluding hydrogens is 335 g/mol. The summed E-state index contributed by atoms with van der Waals surface area (Å²) in [6.45, 7) is 1.05. The zero-order valence-corrected chi connectivity index (χ0v) is 15.4. The topological polar surface area (TPSA) is 32.3 Å². The first-order valence-corrected chi connectivity index (χ1v) is 9.49. The van der Waals surface area contributed by atoms with Crippen LogP contribution in [0.2, 0.25) is 0 Å². The Balaban J connectivity index is 1.84. The maximum absolute atomic E-state index is 13.2. The highest BCUT2D eigenvalue weighted by molar-refractivity contribution is 7.99. The quantitative estimate of drug-likeness (QED) is 0.616. The third-order valence-corrected chi connectivity index (χ3v) is 5.51. The van der Waals surface area contributed by atoms with Crippen molar-refractivity contribution < 1.29 is 9.18 Å². The number of nitrogens with zero attached hydrogens (tertiary/aromatic N) is 1. The van der Waals surface area contributed by atoms with E-state index in [1.807, 2.05) is 6.07 Å². The van der Waals surface area contributed by atoms with Crippen LogP contribution in [-0.2, 0) is 4.79 Å². The Morgan fingerprint density at radius 1 is 1.20 bits per heavy atom.